The van der Waals surface area contributed by atoms with Gasteiger partial charge < -0.3 is 25.1 Å². The molecule has 0 bridgehead atoms. The monoisotopic (exact) mass is 319 g/mol. The molecule has 0 aromatic heterocycles. The Morgan fingerprint density at radius 3 is 1.86 bits per heavy atom. The van der Waals surface area contributed by atoms with Crippen molar-refractivity contribution >= 4 is 12.4 Å². The maximum Gasteiger partial charge on any atom is 0.203 e. The first-order valence-electron chi connectivity index (χ1n) is 6.68. The molecule has 1 rings (SSSR count). The average molecular weight is 320 g/mol. The van der Waals surface area contributed by atoms with Gasteiger partial charge in [0.1, 0.15) is 0 Å². The van der Waals surface area contributed by atoms with Crippen LogP contribution in [0.3, 0.4) is 0 Å². The van der Waals surface area contributed by atoms with Gasteiger partial charge >= 0.3 is 0 Å². The quantitative estimate of drug-likeness (QED) is 0.808. The van der Waals surface area contributed by atoms with Crippen LogP contribution in [0.15, 0.2) is 12.1 Å². The van der Waals surface area contributed by atoms with E-state index in [1.807, 2.05) is 13.8 Å². The number of hydrogen-bond acceptors (Lipinski definition) is 5. The maximum absolute atomic E-state index is 10.2. The van der Waals surface area contributed by atoms with Crippen LogP contribution >= 0.6 is 12.4 Å². The zero-order valence-corrected chi connectivity index (χ0v) is 14.1. The molecule has 1 aromatic carbocycles. The van der Waals surface area contributed by atoms with Crippen molar-refractivity contribution in [2.24, 2.45) is 11.7 Å². The summed E-state index contributed by atoms with van der Waals surface area (Å²) in [6.07, 6.45) is 0.0236. The number of benzene rings is 1. The van der Waals surface area contributed by atoms with Gasteiger partial charge in [-0.3, -0.25) is 0 Å². The predicted molar refractivity (Wildman–Crippen MR) is 85.7 cm³/mol. The van der Waals surface area contributed by atoms with E-state index in [4.69, 9.17) is 19.9 Å². The van der Waals surface area contributed by atoms with Gasteiger partial charge in [-0.15, -0.1) is 12.4 Å². The zero-order valence-electron chi connectivity index (χ0n) is 13.3. The van der Waals surface area contributed by atoms with Crippen LogP contribution in [0.2, 0.25) is 0 Å². The van der Waals surface area contributed by atoms with Crippen LogP contribution in [0, 0.1) is 5.92 Å². The first kappa shape index (κ1) is 19.8. The van der Waals surface area contributed by atoms with Gasteiger partial charge in [-0.25, -0.2) is 0 Å². The van der Waals surface area contributed by atoms with Crippen LogP contribution in [0.25, 0.3) is 0 Å². The molecule has 0 aliphatic carbocycles. The van der Waals surface area contributed by atoms with Gasteiger partial charge in [-0.1, -0.05) is 13.8 Å². The third kappa shape index (κ3) is 4.95. The van der Waals surface area contributed by atoms with Crippen molar-refractivity contribution in [3.05, 3.63) is 17.7 Å². The predicted octanol–water partition coefficient (Wildman–Crippen LogP) is 2.54. The molecule has 6 heteroatoms. The highest BCUT2D eigenvalue weighted by Crippen LogP contribution is 2.40. The van der Waals surface area contributed by atoms with E-state index in [1.165, 1.54) is 0 Å². The molecule has 0 heterocycles. The molecule has 3 N–H and O–H groups in total. The summed E-state index contributed by atoms with van der Waals surface area (Å²) in [5.74, 6) is 1.96. The normalized spacial score (nSPS) is 13.3. The summed E-state index contributed by atoms with van der Waals surface area (Å²) in [6, 6.07) is 3.05. The van der Waals surface area contributed by atoms with Gasteiger partial charge in [0.2, 0.25) is 5.75 Å². The molecule has 122 valence electrons. The number of halogens is 1. The van der Waals surface area contributed by atoms with E-state index >= 15 is 0 Å². The highest BCUT2D eigenvalue weighted by atomic mass is 35.5. The molecule has 0 saturated heterocycles. The second-order valence-corrected chi connectivity index (χ2v) is 5.18. The molecule has 0 spiro atoms. The third-order valence-corrected chi connectivity index (χ3v) is 3.20. The fourth-order valence-corrected chi connectivity index (χ4v) is 2.15. The second kappa shape index (κ2) is 8.97. The number of aliphatic hydroxyl groups is 1. The van der Waals surface area contributed by atoms with Crippen molar-refractivity contribution in [3.8, 4) is 17.2 Å². The van der Waals surface area contributed by atoms with Crippen LogP contribution in [0.1, 0.15) is 31.9 Å². The minimum Gasteiger partial charge on any atom is -0.493 e. The number of hydrogen-bond donors (Lipinski definition) is 2. The molecular formula is C15H26ClNO4. The number of nitrogens with two attached hydrogens (primary N) is 1. The van der Waals surface area contributed by atoms with Gasteiger partial charge in [-0.2, -0.15) is 0 Å². The van der Waals surface area contributed by atoms with Gasteiger partial charge in [0.15, 0.2) is 11.5 Å². The van der Waals surface area contributed by atoms with Gasteiger partial charge in [0.05, 0.1) is 33.5 Å². The molecule has 1 aromatic rings. The topological polar surface area (TPSA) is 73.9 Å². The first-order chi connectivity index (χ1) is 9.44. The molecule has 2 atom stereocenters. The Labute approximate surface area is 132 Å². The summed E-state index contributed by atoms with van der Waals surface area (Å²) in [5.41, 5.74) is 6.88. The van der Waals surface area contributed by atoms with Crippen LogP contribution in [0.4, 0.5) is 0 Å². The van der Waals surface area contributed by atoms with E-state index in [0.29, 0.717) is 29.6 Å². The van der Waals surface area contributed by atoms with Crippen molar-refractivity contribution in [1.82, 2.24) is 0 Å². The minimum atomic E-state index is -0.613. The molecule has 0 amide bonds. The second-order valence-electron chi connectivity index (χ2n) is 5.18. The lowest BCUT2D eigenvalue weighted by Gasteiger charge is -2.22. The van der Waals surface area contributed by atoms with E-state index in [2.05, 4.69) is 0 Å². The van der Waals surface area contributed by atoms with Gasteiger partial charge in [0.25, 0.3) is 0 Å². The molecule has 21 heavy (non-hydrogen) atoms. The average Bonchev–Trinajstić information content (AvgIpc) is 2.43. The fraction of sp³-hybridized carbons (Fsp3) is 0.600. The van der Waals surface area contributed by atoms with Crippen LogP contribution in [-0.2, 0) is 0 Å². The largest absolute Gasteiger partial charge is 0.493 e. The lowest BCUT2D eigenvalue weighted by Crippen LogP contribution is -2.27. The zero-order chi connectivity index (χ0) is 15.3. The summed E-state index contributed by atoms with van der Waals surface area (Å²) in [4.78, 5) is 0. The number of ether oxygens (including phenoxy) is 3. The lowest BCUT2D eigenvalue weighted by molar-refractivity contribution is 0.121. The van der Waals surface area contributed by atoms with Crippen LogP contribution in [0.5, 0.6) is 17.2 Å². The van der Waals surface area contributed by atoms with Crippen molar-refractivity contribution in [2.45, 2.75) is 32.4 Å². The molecule has 5 nitrogen and oxygen atoms in total. The molecule has 0 radical (unpaired) electrons. The maximum atomic E-state index is 10.2. The highest BCUT2D eigenvalue weighted by molar-refractivity contribution is 5.85. The van der Waals surface area contributed by atoms with Gasteiger partial charge in [0, 0.05) is 0 Å². The van der Waals surface area contributed by atoms with Crippen molar-refractivity contribution in [3.63, 3.8) is 0 Å². The SMILES string of the molecule is COc1cc([C@H](N)[C@H](O)CC(C)C)cc(OC)c1OC.Cl. The van der Waals surface area contributed by atoms with Gasteiger partial charge in [-0.05, 0) is 30.0 Å². The first-order valence-corrected chi connectivity index (χ1v) is 6.68. The minimum absolute atomic E-state index is 0. The van der Waals surface area contributed by atoms with Crippen molar-refractivity contribution < 1.29 is 19.3 Å². The van der Waals surface area contributed by atoms with E-state index < -0.39 is 12.1 Å². The number of methoxy groups -OCH3 is 3. The molecule has 0 saturated carbocycles. The molecule has 0 aliphatic rings. The summed E-state index contributed by atoms with van der Waals surface area (Å²) >= 11 is 0. The third-order valence-electron chi connectivity index (χ3n) is 3.20. The Morgan fingerprint density at radius 2 is 1.52 bits per heavy atom. The Balaban J connectivity index is 0.00000400. The van der Waals surface area contributed by atoms with E-state index in [1.54, 1.807) is 33.5 Å². The molecular weight excluding hydrogens is 294 g/mol. The standard InChI is InChI=1S/C15H25NO4.ClH/c1-9(2)6-11(17)14(16)10-7-12(18-3)15(20-5)13(8-10)19-4;/h7-9,11,14,17H,6,16H2,1-5H3;1H/t11-,14+;/m1./s1. The van der Waals surface area contributed by atoms with E-state index in [-0.39, 0.29) is 12.4 Å². The lowest BCUT2D eigenvalue weighted by atomic mass is 9.95. The number of rotatable bonds is 7. The number of aliphatic hydroxyl groups excluding tert-OH is 1. The molecule has 0 fully saturated rings. The summed E-state index contributed by atoms with van der Waals surface area (Å²) in [6.45, 7) is 4.09. The summed E-state index contributed by atoms with van der Waals surface area (Å²) in [7, 11) is 4.65. The van der Waals surface area contributed by atoms with E-state index in [9.17, 15) is 5.11 Å². The Bertz CT molecular complexity index is 415. The van der Waals surface area contributed by atoms with Crippen molar-refractivity contribution in [1.29, 1.82) is 0 Å². The Hall–Kier alpha value is -1.17. The van der Waals surface area contributed by atoms with Crippen LogP contribution in [-0.4, -0.2) is 32.5 Å². The smallest absolute Gasteiger partial charge is 0.203 e. The van der Waals surface area contributed by atoms with Crippen LogP contribution < -0.4 is 19.9 Å². The summed E-state index contributed by atoms with van der Waals surface area (Å²) in [5, 5.41) is 10.2. The Kier molecular flexibility index (Phi) is 8.47. The molecule has 0 unspecified atom stereocenters. The molecule has 0 aliphatic heterocycles. The fourth-order valence-electron chi connectivity index (χ4n) is 2.15. The van der Waals surface area contributed by atoms with Crippen molar-refractivity contribution in [2.75, 3.05) is 21.3 Å². The highest BCUT2D eigenvalue weighted by Gasteiger charge is 2.22. The van der Waals surface area contributed by atoms with E-state index in [0.717, 1.165) is 5.56 Å². The Morgan fingerprint density at radius 1 is 1.05 bits per heavy atom. The summed E-state index contributed by atoms with van der Waals surface area (Å²) < 4.78 is 15.8.